The molecule has 6 aromatic carbocycles. The van der Waals surface area contributed by atoms with Gasteiger partial charge in [0.1, 0.15) is 0 Å². The maximum Gasteiger partial charge on any atom is 0.0531 e. The van der Waals surface area contributed by atoms with Crippen LogP contribution in [0.25, 0.3) is 60.0 Å². The lowest BCUT2D eigenvalue weighted by Crippen LogP contribution is -1.95. The highest BCUT2D eigenvalue weighted by Gasteiger charge is 2.13. The van der Waals surface area contributed by atoms with Crippen LogP contribution in [0.4, 0.5) is 0 Å². The maximum atomic E-state index is 2.37. The summed E-state index contributed by atoms with van der Waals surface area (Å²) in [4.78, 5) is 0. The standard InChI is InChI=1S/C33H23N/c1-22-19-26-20-24(17-18-32(26)34(22)27-10-3-2-4-11-27)31-21-25-16-15-23-9-5-6-12-28(23)33(25)30-14-8-7-13-29(30)31/h2-21H,1H3. The van der Waals surface area contributed by atoms with Gasteiger partial charge in [-0.15, -0.1) is 0 Å². The summed E-state index contributed by atoms with van der Waals surface area (Å²) < 4.78 is 2.34. The lowest BCUT2D eigenvalue weighted by molar-refractivity contribution is 1.05. The minimum atomic E-state index is 1.20. The Hall–Kier alpha value is -4.36. The molecule has 7 aromatic rings. The van der Waals surface area contributed by atoms with Crippen molar-refractivity contribution in [3.05, 3.63) is 127 Å². The number of fused-ring (bicyclic) bond motifs is 6. The summed E-state index contributed by atoms with van der Waals surface area (Å²) in [5.74, 6) is 0. The zero-order chi connectivity index (χ0) is 22.6. The van der Waals surface area contributed by atoms with Crippen LogP contribution in [0.2, 0.25) is 0 Å². The van der Waals surface area contributed by atoms with Crippen LogP contribution in [0.3, 0.4) is 0 Å². The van der Waals surface area contributed by atoms with Gasteiger partial charge in [-0.2, -0.15) is 0 Å². The van der Waals surface area contributed by atoms with Gasteiger partial charge in [-0.05, 0) is 86.8 Å². The molecule has 160 valence electrons. The first-order valence-corrected chi connectivity index (χ1v) is 11.8. The predicted octanol–water partition coefficient (Wildman–Crippen LogP) is 9.07. The first-order chi connectivity index (χ1) is 16.8. The van der Waals surface area contributed by atoms with E-state index in [9.17, 15) is 0 Å². The fourth-order valence-electron chi connectivity index (χ4n) is 5.56. The number of hydrogen-bond acceptors (Lipinski definition) is 0. The number of para-hydroxylation sites is 1. The minimum Gasteiger partial charge on any atom is -0.314 e. The average Bonchev–Trinajstić information content (AvgIpc) is 3.23. The molecular formula is C33H23N. The monoisotopic (exact) mass is 433 g/mol. The van der Waals surface area contributed by atoms with Gasteiger partial charge < -0.3 is 4.57 Å². The zero-order valence-corrected chi connectivity index (χ0v) is 19.0. The van der Waals surface area contributed by atoms with Gasteiger partial charge in [-0.1, -0.05) is 84.9 Å². The molecule has 0 unspecified atom stereocenters. The van der Waals surface area contributed by atoms with Crippen molar-refractivity contribution in [3.63, 3.8) is 0 Å². The second kappa shape index (κ2) is 7.33. The molecule has 1 heteroatoms. The Bertz CT molecular complexity index is 1860. The fourth-order valence-corrected chi connectivity index (χ4v) is 5.56. The number of aryl methyl sites for hydroxylation is 1. The summed E-state index contributed by atoms with van der Waals surface area (Å²) in [5, 5.41) is 9.09. The summed E-state index contributed by atoms with van der Waals surface area (Å²) in [6, 6.07) is 44.2. The second-order valence-corrected chi connectivity index (χ2v) is 9.08. The number of rotatable bonds is 2. The Morgan fingerprint density at radius 2 is 1.21 bits per heavy atom. The Morgan fingerprint density at radius 1 is 0.500 bits per heavy atom. The SMILES string of the molecule is Cc1cc2cc(-c3cc4ccc5ccccc5c4c4ccccc34)ccc2n1-c1ccccc1. The van der Waals surface area contributed by atoms with Gasteiger partial charge in [0.25, 0.3) is 0 Å². The van der Waals surface area contributed by atoms with Crippen molar-refractivity contribution in [2.45, 2.75) is 6.92 Å². The van der Waals surface area contributed by atoms with E-state index in [4.69, 9.17) is 0 Å². The maximum absolute atomic E-state index is 2.37. The van der Waals surface area contributed by atoms with E-state index in [1.165, 1.54) is 65.7 Å². The quantitative estimate of drug-likeness (QED) is 0.240. The van der Waals surface area contributed by atoms with E-state index >= 15 is 0 Å². The van der Waals surface area contributed by atoms with Gasteiger partial charge in [0.15, 0.2) is 0 Å². The summed E-state index contributed by atoms with van der Waals surface area (Å²) in [7, 11) is 0. The molecular weight excluding hydrogens is 410 g/mol. The largest absolute Gasteiger partial charge is 0.314 e. The predicted molar refractivity (Wildman–Crippen MR) is 146 cm³/mol. The molecule has 0 spiro atoms. The van der Waals surface area contributed by atoms with Crippen LogP contribution in [-0.4, -0.2) is 4.57 Å². The van der Waals surface area contributed by atoms with Crippen molar-refractivity contribution in [2.75, 3.05) is 0 Å². The first kappa shape index (κ1) is 19.1. The van der Waals surface area contributed by atoms with Crippen molar-refractivity contribution in [1.29, 1.82) is 0 Å². The summed E-state index contributed by atoms with van der Waals surface area (Å²) in [6.07, 6.45) is 0. The molecule has 1 nitrogen and oxygen atoms in total. The topological polar surface area (TPSA) is 4.93 Å². The molecule has 0 radical (unpaired) electrons. The lowest BCUT2D eigenvalue weighted by atomic mass is 9.90. The normalized spacial score (nSPS) is 11.7. The number of hydrogen-bond donors (Lipinski definition) is 0. The molecule has 0 N–H and O–H groups in total. The fraction of sp³-hybridized carbons (Fsp3) is 0.0303. The number of nitrogens with zero attached hydrogens (tertiary/aromatic N) is 1. The first-order valence-electron chi connectivity index (χ1n) is 11.8. The highest BCUT2D eigenvalue weighted by atomic mass is 15.0. The van der Waals surface area contributed by atoms with Gasteiger partial charge in [-0.3, -0.25) is 0 Å². The molecule has 0 bridgehead atoms. The van der Waals surface area contributed by atoms with Gasteiger partial charge in [0, 0.05) is 16.8 Å². The average molecular weight is 434 g/mol. The highest BCUT2D eigenvalue weighted by Crippen LogP contribution is 2.39. The third-order valence-corrected chi connectivity index (χ3v) is 7.06. The van der Waals surface area contributed by atoms with Crippen molar-refractivity contribution < 1.29 is 0 Å². The van der Waals surface area contributed by atoms with Crippen LogP contribution < -0.4 is 0 Å². The molecule has 0 saturated heterocycles. The Morgan fingerprint density at radius 3 is 2.06 bits per heavy atom. The molecule has 0 aliphatic rings. The van der Waals surface area contributed by atoms with E-state index in [0.29, 0.717) is 0 Å². The molecule has 1 aromatic heterocycles. The summed E-state index contributed by atoms with van der Waals surface area (Å²) >= 11 is 0. The van der Waals surface area contributed by atoms with Crippen LogP contribution in [-0.2, 0) is 0 Å². The molecule has 0 aliphatic carbocycles. The van der Waals surface area contributed by atoms with E-state index in [1.54, 1.807) is 0 Å². The Balaban J connectivity index is 1.51. The molecule has 34 heavy (non-hydrogen) atoms. The summed E-state index contributed by atoms with van der Waals surface area (Å²) in [5.41, 5.74) is 6.22. The molecule has 0 fully saturated rings. The van der Waals surface area contributed by atoms with Crippen LogP contribution in [0.15, 0.2) is 121 Å². The highest BCUT2D eigenvalue weighted by molar-refractivity contribution is 6.23. The third kappa shape index (κ3) is 2.80. The van der Waals surface area contributed by atoms with Crippen LogP contribution >= 0.6 is 0 Å². The van der Waals surface area contributed by atoms with E-state index in [0.717, 1.165) is 0 Å². The zero-order valence-electron chi connectivity index (χ0n) is 19.0. The molecule has 7 rings (SSSR count). The molecule has 0 atom stereocenters. The van der Waals surface area contributed by atoms with E-state index in [2.05, 4.69) is 133 Å². The Labute approximate surface area is 198 Å². The van der Waals surface area contributed by atoms with Gasteiger partial charge in [-0.25, -0.2) is 0 Å². The van der Waals surface area contributed by atoms with Crippen LogP contribution in [0.1, 0.15) is 5.69 Å². The molecule has 0 amide bonds. The van der Waals surface area contributed by atoms with E-state index in [-0.39, 0.29) is 0 Å². The van der Waals surface area contributed by atoms with E-state index < -0.39 is 0 Å². The van der Waals surface area contributed by atoms with Gasteiger partial charge in [0.05, 0.1) is 5.52 Å². The van der Waals surface area contributed by atoms with Crippen molar-refractivity contribution in [3.8, 4) is 16.8 Å². The van der Waals surface area contributed by atoms with E-state index in [1.807, 2.05) is 0 Å². The molecule has 0 saturated carbocycles. The molecule has 1 heterocycles. The Kier molecular flexibility index (Phi) is 4.13. The molecule has 0 aliphatic heterocycles. The second-order valence-electron chi connectivity index (χ2n) is 9.08. The van der Waals surface area contributed by atoms with Crippen LogP contribution in [0.5, 0.6) is 0 Å². The van der Waals surface area contributed by atoms with Crippen molar-refractivity contribution in [2.24, 2.45) is 0 Å². The smallest absolute Gasteiger partial charge is 0.0531 e. The lowest BCUT2D eigenvalue weighted by Gasteiger charge is -2.14. The van der Waals surface area contributed by atoms with Crippen molar-refractivity contribution in [1.82, 2.24) is 4.57 Å². The third-order valence-electron chi connectivity index (χ3n) is 7.06. The van der Waals surface area contributed by atoms with Crippen LogP contribution in [0, 0.1) is 6.92 Å². The summed E-state index contributed by atoms with van der Waals surface area (Å²) in [6.45, 7) is 2.18. The van der Waals surface area contributed by atoms with Gasteiger partial charge >= 0.3 is 0 Å². The van der Waals surface area contributed by atoms with Crippen molar-refractivity contribution >= 4 is 43.2 Å². The minimum absolute atomic E-state index is 1.20. The number of benzene rings is 6. The number of aromatic nitrogens is 1. The van der Waals surface area contributed by atoms with Gasteiger partial charge in [0.2, 0.25) is 0 Å².